The number of nitriles is 1. The van der Waals surface area contributed by atoms with E-state index in [9.17, 15) is 18.4 Å². The Labute approximate surface area is 180 Å². The number of rotatable bonds is 3. The Morgan fingerprint density at radius 2 is 2.00 bits per heavy atom. The SMILES string of the molecule is CCSc1c(-c2nc3cc(C(F)(F)F)cnc3n2C)nc2c(C#N)cc(I)cn12. The number of aryl methyl sites for hydroxylation is 1. The van der Waals surface area contributed by atoms with E-state index < -0.39 is 11.7 Å². The summed E-state index contributed by atoms with van der Waals surface area (Å²) in [6.45, 7) is 1.99. The summed E-state index contributed by atoms with van der Waals surface area (Å²) in [7, 11) is 1.68. The summed E-state index contributed by atoms with van der Waals surface area (Å²) in [6.07, 6.45) is -1.83. The first-order valence-corrected chi connectivity index (χ1v) is 10.5. The van der Waals surface area contributed by atoms with Crippen LogP contribution in [0.3, 0.4) is 0 Å². The maximum atomic E-state index is 13.0. The summed E-state index contributed by atoms with van der Waals surface area (Å²) < 4.78 is 43.5. The number of halogens is 4. The van der Waals surface area contributed by atoms with Gasteiger partial charge in [-0.2, -0.15) is 18.4 Å². The van der Waals surface area contributed by atoms with Gasteiger partial charge >= 0.3 is 6.18 Å². The van der Waals surface area contributed by atoms with E-state index in [1.54, 1.807) is 17.7 Å². The van der Waals surface area contributed by atoms with Crippen molar-refractivity contribution in [3.05, 3.63) is 39.2 Å². The molecule has 148 valence electrons. The minimum atomic E-state index is -4.50. The standard InChI is InChI=1S/C18H12F3IN6S/c1-3-29-17-13(26-14-9(6-23)4-11(22)8-28(14)17)16-25-12-5-10(18(19,20)21)7-24-15(12)27(16)2/h4-5,7-8H,3H2,1-2H3. The number of pyridine rings is 2. The minimum Gasteiger partial charge on any atom is -0.310 e. The molecule has 11 heteroatoms. The molecule has 6 nitrogen and oxygen atoms in total. The molecular weight excluding hydrogens is 516 g/mol. The molecule has 0 aliphatic rings. The van der Waals surface area contributed by atoms with Crippen LogP contribution in [-0.4, -0.2) is 29.7 Å². The van der Waals surface area contributed by atoms with Gasteiger partial charge in [-0.3, -0.25) is 4.40 Å². The van der Waals surface area contributed by atoms with Crippen LogP contribution in [0, 0.1) is 14.9 Å². The molecule has 0 radical (unpaired) electrons. The number of imidazole rings is 2. The zero-order chi connectivity index (χ0) is 20.9. The van der Waals surface area contributed by atoms with Gasteiger partial charge in [-0.15, -0.1) is 11.8 Å². The number of alkyl halides is 3. The Balaban J connectivity index is 2.01. The second-order valence-electron chi connectivity index (χ2n) is 6.13. The molecule has 0 aliphatic heterocycles. The molecule has 0 aliphatic carbocycles. The highest BCUT2D eigenvalue weighted by atomic mass is 127. The fraction of sp³-hybridized carbons (Fsp3) is 0.222. The molecule has 0 atom stereocenters. The topological polar surface area (TPSA) is 71.8 Å². The number of aromatic nitrogens is 5. The van der Waals surface area contributed by atoms with Crippen LogP contribution in [-0.2, 0) is 13.2 Å². The van der Waals surface area contributed by atoms with Crippen molar-refractivity contribution >= 4 is 51.2 Å². The fourth-order valence-corrected chi connectivity index (χ4v) is 4.45. The van der Waals surface area contributed by atoms with Gasteiger partial charge < -0.3 is 4.57 Å². The smallest absolute Gasteiger partial charge is 0.310 e. The van der Waals surface area contributed by atoms with E-state index >= 15 is 0 Å². The average Bonchev–Trinajstić information content (AvgIpc) is 3.18. The van der Waals surface area contributed by atoms with Gasteiger partial charge in [0.25, 0.3) is 0 Å². The molecule has 0 saturated heterocycles. The molecule has 0 aromatic carbocycles. The van der Waals surface area contributed by atoms with Crippen LogP contribution in [0.4, 0.5) is 13.2 Å². The Bertz CT molecular complexity index is 1300. The maximum Gasteiger partial charge on any atom is 0.417 e. The lowest BCUT2D eigenvalue weighted by Crippen LogP contribution is -2.05. The monoisotopic (exact) mass is 528 g/mol. The molecule has 0 amide bonds. The molecule has 4 heterocycles. The largest absolute Gasteiger partial charge is 0.417 e. The Morgan fingerprint density at radius 3 is 2.66 bits per heavy atom. The van der Waals surface area contributed by atoms with Gasteiger partial charge in [0.2, 0.25) is 0 Å². The summed E-state index contributed by atoms with van der Waals surface area (Å²) in [5.74, 6) is 1.14. The van der Waals surface area contributed by atoms with E-state index in [0.717, 1.165) is 26.6 Å². The number of nitrogens with zero attached hydrogens (tertiary/aromatic N) is 6. The fourth-order valence-electron chi connectivity index (χ4n) is 3.04. The van der Waals surface area contributed by atoms with Crippen LogP contribution < -0.4 is 0 Å². The summed E-state index contributed by atoms with van der Waals surface area (Å²) in [5.41, 5.74) is 1.01. The third-order valence-electron chi connectivity index (χ3n) is 4.29. The third-order valence-corrected chi connectivity index (χ3v) is 5.83. The summed E-state index contributed by atoms with van der Waals surface area (Å²) in [5, 5.41) is 10.3. The Hall–Kier alpha value is -2.33. The quantitative estimate of drug-likeness (QED) is 0.280. The molecule has 0 saturated carbocycles. The Kier molecular flexibility index (Phi) is 4.94. The van der Waals surface area contributed by atoms with Gasteiger partial charge in [-0.05, 0) is 40.5 Å². The van der Waals surface area contributed by atoms with Crippen LogP contribution in [0.5, 0.6) is 0 Å². The lowest BCUT2D eigenvalue weighted by Gasteiger charge is -2.05. The van der Waals surface area contributed by atoms with Crippen LogP contribution in [0.2, 0.25) is 0 Å². The lowest BCUT2D eigenvalue weighted by atomic mass is 10.2. The molecule has 0 fully saturated rings. The molecule has 0 bridgehead atoms. The first kappa shape index (κ1) is 20.0. The van der Waals surface area contributed by atoms with E-state index in [4.69, 9.17) is 0 Å². The first-order chi connectivity index (χ1) is 13.7. The van der Waals surface area contributed by atoms with Gasteiger partial charge in [0.05, 0.1) is 11.1 Å². The van der Waals surface area contributed by atoms with Crippen LogP contribution >= 0.6 is 34.4 Å². The number of hydrogen-bond donors (Lipinski definition) is 0. The highest BCUT2D eigenvalue weighted by molar-refractivity contribution is 14.1. The molecule has 4 aromatic heterocycles. The van der Waals surface area contributed by atoms with E-state index in [1.807, 2.05) is 17.5 Å². The van der Waals surface area contributed by atoms with Crippen molar-refractivity contribution in [1.29, 1.82) is 5.26 Å². The van der Waals surface area contributed by atoms with E-state index in [0.29, 0.717) is 28.4 Å². The van der Waals surface area contributed by atoms with Crippen molar-refractivity contribution < 1.29 is 13.2 Å². The summed E-state index contributed by atoms with van der Waals surface area (Å²) in [6, 6.07) is 4.87. The zero-order valence-corrected chi connectivity index (χ0v) is 18.1. The van der Waals surface area contributed by atoms with Crippen molar-refractivity contribution in [2.24, 2.45) is 7.05 Å². The van der Waals surface area contributed by atoms with Crippen LogP contribution in [0.1, 0.15) is 18.1 Å². The predicted molar refractivity (Wildman–Crippen MR) is 112 cm³/mol. The van der Waals surface area contributed by atoms with Crippen LogP contribution in [0.25, 0.3) is 28.3 Å². The Morgan fingerprint density at radius 1 is 1.24 bits per heavy atom. The zero-order valence-electron chi connectivity index (χ0n) is 15.1. The van der Waals surface area contributed by atoms with Gasteiger partial charge in [-0.25, -0.2) is 15.0 Å². The lowest BCUT2D eigenvalue weighted by molar-refractivity contribution is -0.137. The molecule has 0 unspecified atom stereocenters. The first-order valence-electron chi connectivity index (χ1n) is 8.39. The van der Waals surface area contributed by atoms with E-state index in [2.05, 4.69) is 43.6 Å². The van der Waals surface area contributed by atoms with Crippen molar-refractivity contribution in [2.45, 2.75) is 18.1 Å². The van der Waals surface area contributed by atoms with Crippen LogP contribution in [0.15, 0.2) is 29.6 Å². The van der Waals surface area contributed by atoms with E-state index in [-0.39, 0.29) is 5.52 Å². The van der Waals surface area contributed by atoms with Gasteiger partial charge in [0, 0.05) is 23.0 Å². The molecule has 4 aromatic rings. The average molecular weight is 528 g/mol. The predicted octanol–water partition coefficient (Wildman–Crippen LogP) is 4.89. The molecule has 4 rings (SSSR count). The van der Waals surface area contributed by atoms with Gasteiger partial charge in [-0.1, -0.05) is 6.92 Å². The maximum absolute atomic E-state index is 13.0. The number of fused-ring (bicyclic) bond motifs is 2. The third kappa shape index (κ3) is 3.33. The number of thioether (sulfide) groups is 1. The highest BCUT2D eigenvalue weighted by Gasteiger charge is 2.32. The number of hydrogen-bond acceptors (Lipinski definition) is 5. The minimum absolute atomic E-state index is 0.136. The van der Waals surface area contributed by atoms with Crippen molar-refractivity contribution in [3.8, 4) is 17.6 Å². The second-order valence-corrected chi connectivity index (χ2v) is 8.63. The van der Waals surface area contributed by atoms with E-state index in [1.165, 1.54) is 11.8 Å². The molecule has 0 N–H and O–H groups in total. The van der Waals surface area contributed by atoms with Crippen molar-refractivity contribution in [1.82, 2.24) is 23.9 Å². The van der Waals surface area contributed by atoms with Gasteiger partial charge in [0.15, 0.2) is 17.1 Å². The van der Waals surface area contributed by atoms with Crippen molar-refractivity contribution in [3.63, 3.8) is 0 Å². The van der Waals surface area contributed by atoms with Gasteiger partial charge in [0.1, 0.15) is 22.3 Å². The summed E-state index contributed by atoms with van der Waals surface area (Å²) in [4.78, 5) is 13.0. The normalized spacial score (nSPS) is 12.0. The van der Waals surface area contributed by atoms with Crippen molar-refractivity contribution in [2.75, 3.05) is 5.75 Å². The molecule has 29 heavy (non-hydrogen) atoms. The molecular formula is C18H12F3IN6S. The highest BCUT2D eigenvalue weighted by Crippen LogP contribution is 2.35. The second kappa shape index (κ2) is 7.17. The molecule has 0 spiro atoms. The summed E-state index contributed by atoms with van der Waals surface area (Å²) >= 11 is 3.65.